The van der Waals surface area contributed by atoms with E-state index in [4.69, 9.17) is 0 Å². The Morgan fingerprint density at radius 1 is 1.23 bits per heavy atom. The third-order valence-corrected chi connectivity index (χ3v) is 8.73. The van der Waals surface area contributed by atoms with Crippen molar-refractivity contribution in [1.82, 2.24) is 15.5 Å². The fourth-order valence-corrected chi connectivity index (χ4v) is 6.89. The first-order valence-electron chi connectivity index (χ1n) is 11.6. The Labute approximate surface area is 184 Å². The number of nitrogens with zero attached hydrogens (tertiary/aromatic N) is 2. The summed E-state index contributed by atoms with van der Waals surface area (Å²) >= 11 is 0. The minimum absolute atomic E-state index is 0.0117. The summed E-state index contributed by atoms with van der Waals surface area (Å²) in [4.78, 5) is 40.9. The average Bonchev–Trinajstić information content (AvgIpc) is 3.33. The molecule has 5 aliphatic rings. The number of likely N-dealkylation sites (tertiary alicyclic amines) is 1. The molecule has 0 aromatic carbocycles. The minimum atomic E-state index is -1.01. The molecule has 7 heteroatoms. The lowest BCUT2D eigenvalue weighted by Crippen LogP contribution is -2.65. The van der Waals surface area contributed by atoms with E-state index in [1.807, 2.05) is 20.8 Å². The molecule has 2 spiro atoms. The molecule has 0 aromatic rings. The van der Waals surface area contributed by atoms with Gasteiger partial charge in [-0.1, -0.05) is 34.6 Å². The number of fused-ring (bicyclic) bond motifs is 1. The first-order valence-corrected chi connectivity index (χ1v) is 11.6. The molecule has 7 nitrogen and oxygen atoms in total. The minimum Gasteiger partial charge on any atom is -0.350 e. The zero-order valence-electron chi connectivity index (χ0n) is 19.3. The van der Waals surface area contributed by atoms with Crippen LogP contribution in [0.1, 0.15) is 73.1 Å². The number of piperidine rings is 1. The Balaban J connectivity index is 1.32. The standard InChI is InChI=1S/C24H34N4O3/c1-20(2,3)8-15(29)28-9-14-16(21(14,4)5)17(28)18(30)26-24(13-25)11-22(12-24)10-23(6-7-23)27-19(22)31/h14,16-17H,6-12H2,1-5H3,(H,26,30)(H,27,31)/t14-,16-,17-,22?,24?/m0/s1. The van der Waals surface area contributed by atoms with Gasteiger partial charge in [-0.25, -0.2) is 0 Å². The second kappa shape index (κ2) is 5.82. The van der Waals surface area contributed by atoms with Crippen molar-refractivity contribution in [2.24, 2.45) is 28.1 Å². The number of hydrogen-bond donors (Lipinski definition) is 2. The Hall–Kier alpha value is -2.10. The highest BCUT2D eigenvalue weighted by molar-refractivity contribution is 5.92. The van der Waals surface area contributed by atoms with Crippen molar-refractivity contribution in [2.45, 2.75) is 90.3 Å². The summed E-state index contributed by atoms with van der Waals surface area (Å²) in [6, 6.07) is 1.78. The fourth-order valence-electron chi connectivity index (χ4n) is 6.89. The van der Waals surface area contributed by atoms with Crippen LogP contribution in [0.5, 0.6) is 0 Å². The summed E-state index contributed by atoms with van der Waals surface area (Å²) in [5, 5.41) is 16.1. The van der Waals surface area contributed by atoms with Gasteiger partial charge in [-0.2, -0.15) is 5.26 Å². The second-order valence-electron chi connectivity index (χ2n) is 12.9. The van der Waals surface area contributed by atoms with E-state index in [-0.39, 0.29) is 40.0 Å². The van der Waals surface area contributed by atoms with Gasteiger partial charge in [0.2, 0.25) is 17.7 Å². The first kappa shape index (κ1) is 20.8. The monoisotopic (exact) mass is 426 g/mol. The average molecular weight is 427 g/mol. The van der Waals surface area contributed by atoms with Gasteiger partial charge >= 0.3 is 0 Å². The lowest BCUT2D eigenvalue weighted by Gasteiger charge is -2.49. The highest BCUT2D eigenvalue weighted by Crippen LogP contribution is 2.65. The van der Waals surface area contributed by atoms with E-state index in [0.29, 0.717) is 31.7 Å². The van der Waals surface area contributed by atoms with Crippen LogP contribution in [0.2, 0.25) is 0 Å². The predicted molar refractivity (Wildman–Crippen MR) is 113 cm³/mol. The lowest BCUT2D eigenvalue weighted by atomic mass is 9.56. The molecule has 2 saturated heterocycles. The van der Waals surface area contributed by atoms with E-state index in [2.05, 4.69) is 30.6 Å². The van der Waals surface area contributed by atoms with E-state index < -0.39 is 17.0 Å². The van der Waals surface area contributed by atoms with E-state index in [1.54, 1.807) is 4.90 Å². The van der Waals surface area contributed by atoms with Crippen molar-refractivity contribution in [2.75, 3.05) is 6.54 Å². The molecule has 31 heavy (non-hydrogen) atoms. The maximum atomic E-state index is 13.5. The van der Waals surface area contributed by atoms with E-state index >= 15 is 0 Å². The third-order valence-electron chi connectivity index (χ3n) is 8.73. The molecule has 2 N–H and O–H groups in total. The van der Waals surface area contributed by atoms with E-state index in [0.717, 1.165) is 19.3 Å². The SMILES string of the molecule is CC(C)(C)CC(=O)N1C[C@H]2[C@@H]([C@H]1C(=O)NC1(C#N)CC3(C1)CC1(CC1)NC3=O)C2(C)C. The van der Waals surface area contributed by atoms with Crippen LogP contribution in [0.4, 0.5) is 0 Å². The summed E-state index contributed by atoms with van der Waals surface area (Å²) in [5.74, 6) is 0.282. The highest BCUT2D eigenvalue weighted by Gasteiger charge is 2.72. The molecule has 2 heterocycles. The molecule has 0 bridgehead atoms. The highest BCUT2D eigenvalue weighted by atomic mass is 16.2. The number of nitriles is 1. The topological polar surface area (TPSA) is 102 Å². The number of nitrogens with one attached hydrogen (secondary N) is 2. The number of carbonyl (C=O) groups excluding carboxylic acids is 3. The molecule has 5 fully saturated rings. The van der Waals surface area contributed by atoms with Crippen LogP contribution in [0.3, 0.4) is 0 Å². The van der Waals surface area contributed by atoms with Gasteiger partial charge in [0, 0.05) is 18.5 Å². The van der Waals surface area contributed by atoms with Crippen molar-refractivity contribution in [1.29, 1.82) is 5.26 Å². The third kappa shape index (κ3) is 3.01. The molecule has 2 aliphatic heterocycles. The van der Waals surface area contributed by atoms with Crippen LogP contribution in [0.15, 0.2) is 0 Å². The van der Waals surface area contributed by atoms with Gasteiger partial charge in [-0.05, 0) is 54.8 Å². The summed E-state index contributed by atoms with van der Waals surface area (Å²) in [5.41, 5.74) is -1.69. The molecule has 0 aromatic heterocycles. The Morgan fingerprint density at radius 3 is 2.39 bits per heavy atom. The molecule has 0 radical (unpaired) electrons. The van der Waals surface area contributed by atoms with Crippen molar-refractivity contribution in [3.63, 3.8) is 0 Å². The van der Waals surface area contributed by atoms with Crippen LogP contribution in [0, 0.1) is 39.4 Å². The smallest absolute Gasteiger partial charge is 0.244 e. The Kier molecular flexibility index (Phi) is 3.90. The number of rotatable bonds is 3. The summed E-state index contributed by atoms with van der Waals surface area (Å²) in [6.45, 7) is 11.0. The largest absolute Gasteiger partial charge is 0.350 e. The van der Waals surface area contributed by atoms with Gasteiger partial charge in [-0.3, -0.25) is 14.4 Å². The first-order chi connectivity index (χ1) is 14.3. The summed E-state index contributed by atoms with van der Waals surface area (Å²) in [7, 11) is 0. The zero-order chi connectivity index (χ0) is 22.6. The molecule has 0 unspecified atom stereocenters. The summed E-state index contributed by atoms with van der Waals surface area (Å²) in [6.07, 6.45) is 3.93. The Morgan fingerprint density at radius 2 is 1.87 bits per heavy atom. The van der Waals surface area contributed by atoms with Gasteiger partial charge in [0.05, 0.1) is 11.5 Å². The number of carbonyl (C=O) groups is 3. The molecule has 5 rings (SSSR count). The van der Waals surface area contributed by atoms with Crippen molar-refractivity contribution >= 4 is 17.7 Å². The van der Waals surface area contributed by atoms with Crippen LogP contribution in [-0.4, -0.2) is 46.3 Å². The van der Waals surface area contributed by atoms with Gasteiger partial charge in [-0.15, -0.1) is 0 Å². The van der Waals surface area contributed by atoms with Crippen LogP contribution in [0.25, 0.3) is 0 Å². The maximum Gasteiger partial charge on any atom is 0.244 e. The van der Waals surface area contributed by atoms with E-state index in [9.17, 15) is 19.6 Å². The maximum absolute atomic E-state index is 13.5. The molecule has 168 valence electrons. The van der Waals surface area contributed by atoms with E-state index in [1.165, 1.54) is 0 Å². The second-order valence-corrected chi connectivity index (χ2v) is 12.9. The van der Waals surface area contributed by atoms with Crippen LogP contribution in [-0.2, 0) is 14.4 Å². The zero-order valence-corrected chi connectivity index (χ0v) is 19.3. The number of hydrogen-bond acceptors (Lipinski definition) is 4. The quantitative estimate of drug-likeness (QED) is 0.721. The molecule has 3 atom stereocenters. The van der Waals surface area contributed by atoms with Gasteiger partial charge in [0.25, 0.3) is 0 Å². The fraction of sp³-hybridized carbons (Fsp3) is 0.833. The molecule has 3 saturated carbocycles. The van der Waals surface area contributed by atoms with Crippen LogP contribution < -0.4 is 10.6 Å². The molecule has 3 amide bonds. The van der Waals surface area contributed by atoms with Crippen molar-refractivity contribution in [3.05, 3.63) is 0 Å². The van der Waals surface area contributed by atoms with Gasteiger partial charge in [0.15, 0.2) is 0 Å². The van der Waals surface area contributed by atoms with Gasteiger partial charge < -0.3 is 15.5 Å². The van der Waals surface area contributed by atoms with Crippen molar-refractivity contribution < 1.29 is 14.4 Å². The van der Waals surface area contributed by atoms with Crippen molar-refractivity contribution in [3.8, 4) is 6.07 Å². The normalized spacial score (nSPS) is 37.6. The Bertz CT molecular complexity index is 914. The summed E-state index contributed by atoms with van der Waals surface area (Å²) < 4.78 is 0. The number of amides is 3. The predicted octanol–water partition coefficient (Wildman–Crippen LogP) is 2.12. The molecular weight excluding hydrogens is 392 g/mol. The molecular formula is C24H34N4O3. The lowest BCUT2D eigenvalue weighted by molar-refractivity contribution is -0.145. The molecule has 3 aliphatic carbocycles. The van der Waals surface area contributed by atoms with Gasteiger partial charge in [0.1, 0.15) is 11.6 Å². The van der Waals surface area contributed by atoms with Crippen LogP contribution >= 0.6 is 0 Å².